The normalized spacial score (nSPS) is 10.6. The highest BCUT2D eigenvalue weighted by Crippen LogP contribution is 2.11. The molecule has 1 aromatic heterocycles. The van der Waals surface area contributed by atoms with Crippen molar-refractivity contribution in [2.24, 2.45) is 0 Å². The van der Waals surface area contributed by atoms with Crippen molar-refractivity contribution in [3.63, 3.8) is 0 Å². The van der Waals surface area contributed by atoms with E-state index in [1.54, 1.807) is 6.07 Å². The summed E-state index contributed by atoms with van der Waals surface area (Å²) in [6.07, 6.45) is 0.788. The first-order valence-corrected chi connectivity index (χ1v) is 4.46. The van der Waals surface area contributed by atoms with Crippen molar-refractivity contribution < 1.29 is 0 Å². The summed E-state index contributed by atoms with van der Waals surface area (Å²) in [5.74, 6) is 0. The lowest BCUT2D eigenvalue weighted by Gasteiger charge is -2.01. The van der Waals surface area contributed by atoms with Crippen LogP contribution in [0.5, 0.6) is 0 Å². The van der Waals surface area contributed by atoms with Gasteiger partial charge in [-0.15, -0.1) is 0 Å². The molecule has 2 N–H and O–H groups in total. The van der Waals surface area contributed by atoms with E-state index in [1.807, 2.05) is 19.1 Å². The molecule has 14 heavy (non-hydrogen) atoms. The van der Waals surface area contributed by atoms with E-state index in [2.05, 4.69) is 9.97 Å². The van der Waals surface area contributed by atoms with Crippen LogP contribution in [0.3, 0.4) is 0 Å². The Morgan fingerprint density at radius 3 is 2.71 bits per heavy atom. The van der Waals surface area contributed by atoms with Gasteiger partial charge in [-0.25, -0.2) is 4.79 Å². The molecule has 0 aliphatic carbocycles. The molecule has 0 saturated carbocycles. The molecule has 2 rings (SSSR count). The summed E-state index contributed by atoms with van der Waals surface area (Å²) in [5.41, 5.74) is 0.830. The summed E-state index contributed by atoms with van der Waals surface area (Å²) in [5, 5.41) is 0.531. The van der Waals surface area contributed by atoms with Crippen LogP contribution in [0.4, 0.5) is 0 Å². The number of hydrogen-bond acceptors (Lipinski definition) is 2. The average molecular weight is 190 g/mol. The number of H-pyrrole nitrogens is 2. The van der Waals surface area contributed by atoms with Gasteiger partial charge >= 0.3 is 5.69 Å². The lowest BCUT2D eigenvalue weighted by atomic mass is 10.1. The standard InChI is InChI=1S/C10H10N2O2/c1-2-6-4-3-5-7-8(6)11-10(14)12-9(7)13/h3-5H,2H2,1H3,(H2,11,12,13,14). The molecule has 4 heteroatoms. The van der Waals surface area contributed by atoms with Crippen LogP contribution in [0.2, 0.25) is 0 Å². The van der Waals surface area contributed by atoms with Crippen LogP contribution in [0, 0.1) is 0 Å². The number of rotatable bonds is 1. The van der Waals surface area contributed by atoms with Gasteiger partial charge in [0.1, 0.15) is 0 Å². The third-order valence-electron chi connectivity index (χ3n) is 2.24. The van der Waals surface area contributed by atoms with Crippen LogP contribution in [-0.4, -0.2) is 9.97 Å². The lowest BCUT2D eigenvalue weighted by Crippen LogP contribution is -2.22. The Balaban J connectivity index is 3.01. The quantitative estimate of drug-likeness (QED) is 0.697. The Bertz CT molecular complexity index is 580. The van der Waals surface area contributed by atoms with E-state index in [9.17, 15) is 9.59 Å². The van der Waals surface area contributed by atoms with Crippen molar-refractivity contribution in [2.45, 2.75) is 13.3 Å². The fourth-order valence-corrected chi connectivity index (χ4v) is 1.55. The third kappa shape index (κ3) is 1.25. The van der Waals surface area contributed by atoms with Gasteiger partial charge in [-0.2, -0.15) is 0 Å². The van der Waals surface area contributed by atoms with Crippen LogP contribution < -0.4 is 11.2 Å². The van der Waals surface area contributed by atoms with Crippen molar-refractivity contribution in [3.05, 3.63) is 44.6 Å². The highest BCUT2D eigenvalue weighted by atomic mass is 16.2. The van der Waals surface area contributed by atoms with Gasteiger partial charge in [0, 0.05) is 0 Å². The summed E-state index contributed by atoms with van der Waals surface area (Å²) in [6, 6.07) is 5.41. The van der Waals surface area contributed by atoms with Crippen molar-refractivity contribution in [2.75, 3.05) is 0 Å². The van der Waals surface area contributed by atoms with E-state index in [1.165, 1.54) is 0 Å². The zero-order valence-corrected chi connectivity index (χ0v) is 7.76. The van der Waals surface area contributed by atoms with Crippen molar-refractivity contribution in [3.8, 4) is 0 Å². The van der Waals surface area contributed by atoms with Gasteiger partial charge < -0.3 is 4.98 Å². The molecule has 0 atom stereocenters. The molecule has 2 aromatic rings. The number of nitrogens with one attached hydrogen (secondary N) is 2. The van der Waals surface area contributed by atoms with Crippen LogP contribution in [0.25, 0.3) is 10.9 Å². The SMILES string of the molecule is CCc1cccc2c(=O)[nH]c(=O)[nH]c12. The Morgan fingerprint density at radius 1 is 1.21 bits per heavy atom. The maximum atomic E-state index is 11.4. The van der Waals surface area contributed by atoms with E-state index in [-0.39, 0.29) is 5.56 Å². The molecule has 0 amide bonds. The second-order valence-electron chi connectivity index (χ2n) is 3.10. The van der Waals surface area contributed by atoms with Gasteiger partial charge in [0.15, 0.2) is 0 Å². The predicted octanol–water partition coefficient (Wildman–Crippen LogP) is 0.779. The molecule has 0 spiro atoms. The first kappa shape index (κ1) is 8.74. The fourth-order valence-electron chi connectivity index (χ4n) is 1.55. The minimum Gasteiger partial charge on any atom is -0.307 e. The second-order valence-corrected chi connectivity index (χ2v) is 3.10. The number of aromatic amines is 2. The Kier molecular flexibility index (Phi) is 1.96. The monoisotopic (exact) mass is 190 g/mol. The van der Waals surface area contributed by atoms with Gasteiger partial charge in [-0.1, -0.05) is 19.1 Å². The number of benzene rings is 1. The fraction of sp³-hybridized carbons (Fsp3) is 0.200. The maximum Gasteiger partial charge on any atom is 0.326 e. The number of hydrogen-bond donors (Lipinski definition) is 2. The molecule has 0 unspecified atom stereocenters. The summed E-state index contributed by atoms with van der Waals surface area (Å²) < 4.78 is 0. The minimum atomic E-state index is -0.455. The van der Waals surface area contributed by atoms with Crippen molar-refractivity contribution in [1.29, 1.82) is 0 Å². The van der Waals surface area contributed by atoms with E-state index in [0.29, 0.717) is 10.9 Å². The molecule has 0 saturated heterocycles. The first-order valence-electron chi connectivity index (χ1n) is 4.46. The summed E-state index contributed by atoms with van der Waals surface area (Å²) in [6.45, 7) is 1.98. The van der Waals surface area contributed by atoms with E-state index in [4.69, 9.17) is 0 Å². The van der Waals surface area contributed by atoms with E-state index >= 15 is 0 Å². The predicted molar refractivity (Wildman–Crippen MR) is 54.6 cm³/mol. The molecule has 0 aliphatic rings. The van der Waals surface area contributed by atoms with Gasteiger partial charge in [0.05, 0.1) is 10.9 Å². The summed E-state index contributed by atoms with van der Waals surface area (Å²) in [4.78, 5) is 27.3. The molecule has 0 radical (unpaired) electrons. The largest absolute Gasteiger partial charge is 0.326 e. The van der Waals surface area contributed by atoms with Crippen molar-refractivity contribution in [1.82, 2.24) is 9.97 Å². The molecule has 0 fully saturated rings. The van der Waals surface area contributed by atoms with Crippen LogP contribution in [-0.2, 0) is 6.42 Å². The maximum absolute atomic E-state index is 11.4. The lowest BCUT2D eigenvalue weighted by molar-refractivity contribution is 1.06. The van der Waals surface area contributed by atoms with E-state index < -0.39 is 5.69 Å². The molecular formula is C10H10N2O2. The molecule has 4 nitrogen and oxygen atoms in total. The zero-order valence-electron chi connectivity index (χ0n) is 7.76. The first-order chi connectivity index (χ1) is 6.72. The smallest absolute Gasteiger partial charge is 0.307 e. The van der Waals surface area contributed by atoms with E-state index in [0.717, 1.165) is 12.0 Å². The highest BCUT2D eigenvalue weighted by molar-refractivity contribution is 5.80. The van der Waals surface area contributed by atoms with Crippen molar-refractivity contribution >= 4 is 10.9 Å². The van der Waals surface area contributed by atoms with Gasteiger partial charge in [-0.05, 0) is 18.1 Å². The molecule has 72 valence electrons. The number of fused-ring (bicyclic) bond motifs is 1. The topological polar surface area (TPSA) is 65.7 Å². The van der Waals surface area contributed by atoms with Gasteiger partial charge in [0.2, 0.25) is 0 Å². The van der Waals surface area contributed by atoms with Gasteiger partial charge in [-0.3, -0.25) is 9.78 Å². The molecule has 1 heterocycles. The Morgan fingerprint density at radius 2 is 2.00 bits per heavy atom. The highest BCUT2D eigenvalue weighted by Gasteiger charge is 2.03. The molecule has 0 aliphatic heterocycles. The number of aryl methyl sites for hydroxylation is 1. The van der Waals surface area contributed by atoms with Gasteiger partial charge in [0.25, 0.3) is 5.56 Å². The van der Waals surface area contributed by atoms with Crippen LogP contribution >= 0.6 is 0 Å². The van der Waals surface area contributed by atoms with Crippen LogP contribution in [0.1, 0.15) is 12.5 Å². The zero-order chi connectivity index (χ0) is 10.1. The summed E-state index contributed by atoms with van der Waals surface area (Å²) in [7, 11) is 0. The average Bonchev–Trinajstić information content (AvgIpc) is 2.17. The molecule has 0 bridgehead atoms. The number of para-hydroxylation sites is 1. The third-order valence-corrected chi connectivity index (χ3v) is 2.24. The summed E-state index contributed by atoms with van der Waals surface area (Å²) >= 11 is 0. The Hall–Kier alpha value is -1.84. The minimum absolute atomic E-state index is 0.334. The molecular weight excluding hydrogens is 180 g/mol. The number of aromatic nitrogens is 2. The Labute approximate surface area is 79.6 Å². The molecule has 1 aromatic carbocycles. The van der Waals surface area contributed by atoms with Crippen LogP contribution in [0.15, 0.2) is 27.8 Å². The second kappa shape index (κ2) is 3.14.